The zero-order valence-corrected chi connectivity index (χ0v) is 48.6. The first-order valence-electron chi connectivity index (χ1n) is 31.1. The van der Waals surface area contributed by atoms with Crippen LogP contribution in [0.25, 0.3) is 0 Å². The maximum Gasteiger partial charge on any atom is 0.268 e. The van der Waals surface area contributed by atoms with Crippen molar-refractivity contribution in [2.45, 2.75) is 334 Å². The largest absolute Gasteiger partial charge is 0.756 e. The van der Waals surface area contributed by atoms with Crippen molar-refractivity contribution in [1.29, 1.82) is 0 Å². The van der Waals surface area contributed by atoms with Crippen LogP contribution in [0.3, 0.4) is 0 Å². The number of likely N-dealkylation sites (N-methyl/N-ethyl adjacent to an activating group) is 1. The molecular weight excluding hydrogens is 888 g/mol. The van der Waals surface area contributed by atoms with Gasteiger partial charge in [0.15, 0.2) is 0 Å². The molecule has 0 fully saturated rings. The lowest BCUT2D eigenvalue weighted by atomic mass is 10.0. The van der Waals surface area contributed by atoms with Crippen LogP contribution in [0.5, 0.6) is 0 Å². The summed E-state index contributed by atoms with van der Waals surface area (Å²) in [5.41, 5.74) is 0. The summed E-state index contributed by atoms with van der Waals surface area (Å²) in [6.07, 6.45) is 66.2. The SMILES string of the molecule is CCCCCCCCCCC/C=C/C(O)C(COP(=O)([O-])OCC[N+](C)(C)C)NC(=O)CCCCCCCCCCCCCCCCCCCCCCCCCCCCCCCCCCCCCCC. The topological polar surface area (TPSA) is 108 Å². The number of hydrogen-bond acceptors (Lipinski definition) is 6. The molecule has 0 saturated heterocycles. The number of carbonyl (C=O) groups is 1. The number of carbonyl (C=O) groups excluding carboxylic acids is 1. The first-order chi connectivity index (χ1) is 34.0. The summed E-state index contributed by atoms with van der Waals surface area (Å²) in [4.78, 5) is 25.4. The number of nitrogens with zero attached hydrogens (tertiary/aromatic N) is 1. The second-order valence-electron chi connectivity index (χ2n) is 22.8. The Kier molecular flexibility index (Phi) is 52.5. The minimum Gasteiger partial charge on any atom is -0.756 e. The molecule has 0 aliphatic carbocycles. The minimum atomic E-state index is -4.59. The van der Waals surface area contributed by atoms with Crippen molar-refractivity contribution in [3.8, 4) is 0 Å². The normalized spacial score (nSPS) is 13.9. The van der Waals surface area contributed by atoms with E-state index >= 15 is 0 Å². The Hall–Kier alpha value is -0.760. The van der Waals surface area contributed by atoms with Gasteiger partial charge in [0.05, 0.1) is 39.9 Å². The van der Waals surface area contributed by atoms with E-state index in [0.717, 1.165) is 38.5 Å². The van der Waals surface area contributed by atoms with Crippen LogP contribution in [0.15, 0.2) is 12.2 Å². The second-order valence-corrected chi connectivity index (χ2v) is 24.2. The molecule has 0 aromatic rings. The third-order valence-corrected chi connectivity index (χ3v) is 15.5. The second kappa shape index (κ2) is 53.1. The van der Waals surface area contributed by atoms with E-state index in [1.165, 1.54) is 263 Å². The number of nitrogens with one attached hydrogen (secondary N) is 1. The van der Waals surface area contributed by atoms with Crippen LogP contribution in [-0.4, -0.2) is 68.5 Å². The van der Waals surface area contributed by atoms with Crippen LogP contribution in [0, 0.1) is 0 Å². The van der Waals surface area contributed by atoms with E-state index in [0.29, 0.717) is 17.4 Å². The van der Waals surface area contributed by atoms with Crippen LogP contribution in [-0.2, 0) is 18.4 Å². The predicted octanol–water partition coefficient (Wildman–Crippen LogP) is 18.4. The molecule has 0 radical (unpaired) electrons. The van der Waals surface area contributed by atoms with Gasteiger partial charge in [-0.05, 0) is 19.3 Å². The number of phosphoric ester groups is 1. The molecule has 2 N–H and O–H groups in total. The number of unbranched alkanes of at least 4 members (excludes halogenated alkanes) is 45. The van der Waals surface area contributed by atoms with Crippen LogP contribution in [0.1, 0.15) is 322 Å². The number of hydrogen-bond donors (Lipinski definition) is 2. The van der Waals surface area contributed by atoms with E-state index in [-0.39, 0.29) is 19.1 Å². The van der Waals surface area contributed by atoms with Gasteiger partial charge in [0.2, 0.25) is 5.91 Å². The van der Waals surface area contributed by atoms with Crippen molar-refractivity contribution < 1.29 is 32.9 Å². The van der Waals surface area contributed by atoms with Gasteiger partial charge in [-0.25, -0.2) is 0 Å². The van der Waals surface area contributed by atoms with Gasteiger partial charge in [-0.2, -0.15) is 0 Å². The van der Waals surface area contributed by atoms with Crippen LogP contribution >= 0.6 is 7.82 Å². The van der Waals surface area contributed by atoms with Gasteiger partial charge < -0.3 is 28.8 Å². The smallest absolute Gasteiger partial charge is 0.268 e. The van der Waals surface area contributed by atoms with Crippen molar-refractivity contribution in [3.05, 3.63) is 12.2 Å². The maximum atomic E-state index is 12.9. The molecule has 1 amide bonds. The summed E-state index contributed by atoms with van der Waals surface area (Å²) in [6.45, 7) is 4.67. The molecule has 0 aromatic heterocycles. The fourth-order valence-corrected chi connectivity index (χ4v) is 10.4. The van der Waals surface area contributed by atoms with Crippen LogP contribution < -0.4 is 10.2 Å². The van der Waals surface area contributed by atoms with Gasteiger partial charge in [0.25, 0.3) is 7.82 Å². The van der Waals surface area contributed by atoms with E-state index in [9.17, 15) is 19.4 Å². The number of allylic oxidation sites excluding steroid dienone is 1. The lowest BCUT2D eigenvalue weighted by Gasteiger charge is -2.29. The first kappa shape index (κ1) is 69.2. The molecule has 0 spiro atoms. The van der Waals surface area contributed by atoms with Crippen molar-refractivity contribution >= 4 is 13.7 Å². The quantitative estimate of drug-likeness (QED) is 0.0272. The van der Waals surface area contributed by atoms with Gasteiger partial charge in [0.1, 0.15) is 13.2 Å². The van der Waals surface area contributed by atoms with Gasteiger partial charge in [-0.1, -0.05) is 309 Å². The third kappa shape index (κ3) is 55.0. The summed E-state index contributed by atoms with van der Waals surface area (Å²) < 4.78 is 23.3. The number of phosphoric acid groups is 1. The standard InChI is InChI=1S/C61H123N2O6P/c1-6-8-10-12-14-16-18-19-20-21-22-23-24-25-26-27-28-29-30-31-32-33-34-35-36-37-38-39-40-41-42-43-45-47-49-51-53-55-61(65)62-59(58-69-70(66,67)68-57-56-63(3,4)5)60(64)54-52-50-48-46-44-17-15-13-11-9-7-2/h52,54,59-60,64H,6-51,53,55-58H2,1-5H3,(H-,62,65,66,67)/b54-52+. The Balaban J connectivity index is 3.82. The maximum absolute atomic E-state index is 12.9. The van der Waals surface area contributed by atoms with Crippen LogP contribution in [0.2, 0.25) is 0 Å². The Labute approximate surface area is 437 Å². The van der Waals surface area contributed by atoms with Gasteiger partial charge >= 0.3 is 0 Å². The zero-order valence-electron chi connectivity index (χ0n) is 47.8. The monoisotopic (exact) mass is 1010 g/mol. The molecular formula is C61H123N2O6P. The highest BCUT2D eigenvalue weighted by Gasteiger charge is 2.23. The molecule has 70 heavy (non-hydrogen) atoms. The molecule has 0 aromatic carbocycles. The molecule has 9 heteroatoms. The van der Waals surface area contributed by atoms with Crippen molar-refractivity contribution in [3.63, 3.8) is 0 Å². The van der Waals surface area contributed by atoms with E-state index in [4.69, 9.17) is 9.05 Å². The highest BCUT2D eigenvalue weighted by atomic mass is 31.2. The van der Waals surface area contributed by atoms with Crippen molar-refractivity contribution in [1.82, 2.24) is 5.32 Å². The van der Waals surface area contributed by atoms with Crippen molar-refractivity contribution in [2.75, 3.05) is 40.9 Å². The number of rotatable bonds is 58. The summed E-state index contributed by atoms with van der Waals surface area (Å²) in [6, 6.07) is -0.881. The highest BCUT2D eigenvalue weighted by Crippen LogP contribution is 2.38. The summed E-state index contributed by atoms with van der Waals surface area (Å²) in [5, 5.41) is 13.8. The summed E-state index contributed by atoms with van der Waals surface area (Å²) in [7, 11) is 1.28. The van der Waals surface area contributed by atoms with E-state index < -0.39 is 20.0 Å². The molecule has 0 aliphatic rings. The van der Waals surface area contributed by atoms with E-state index in [2.05, 4.69) is 19.2 Å². The molecule has 8 nitrogen and oxygen atoms in total. The Bertz CT molecular complexity index is 1150. The lowest BCUT2D eigenvalue weighted by Crippen LogP contribution is -2.45. The Morgan fingerprint density at radius 1 is 0.486 bits per heavy atom. The van der Waals surface area contributed by atoms with Gasteiger partial charge in [-0.3, -0.25) is 9.36 Å². The van der Waals surface area contributed by atoms with Gasteiger partial charge in [0, 0.05) is 6.42 Å². The Morgan fingerprint density at radius 3 is 1.07 bits per heavy atom. The minimum absolute atomic E-state index is 0.00225. The average Bonchev–Trinajstić information content (AvgIpc) is 3.32. The molecule has 0 saturated carbocycles. The molecule has 3 unspecified atom stereocenters. The third-order valence-electron chi connectivity index (χ3n) is 14.5. The van der Waals surface area contributed by atoms with Crippen molar-refractivity contribution in [2.24, 2.45) is 0 Å². The van der Waals surface area contributed by atoms with E-state index in [1.807, 2.05) is 27.2 Å². The number of quaternary nitrogens is 1. The molecule has 3 atom stereocenters. The molecule has 0 rings (SSSR count). The molecule has 0 aliphatic heterocycles. The number of aliphatic hydroxyl groups is 1. The number of amides is 1. The Morgan fingerprint density at radius 2 is 0.771 bits per heavy atom. The highest BCUT2D eigenvalue weighted by molar-refractivity contribution is 7.45. The molecule has 418 valence electrons. The zero-order chi connectivity index (χ0) is 51.3. The summed E-state index contributed by atoms with van der Waals surface area (Å²) in [5.74, 6) is -0.192. The first-order valence-corrected chi connectivity index (χ1v) is 32.5. The molecule has 0 heterocycles. The summed E-state index contributed by atoms with van der Waals surface area (Å²) >= 11 is 0. The lowest BCUT2D eigenvalue weighted by molar-refractivity contribution is -0.870. The van der Waals surface area contributed by atoms with E-state index in [1.54, 1.807) is 6.08 Å². The fourth-order valence-electron chi connectivity index (χ4n) is 9.63. The van der Waals surface area contributed by atoms with Gasteiger partial charge in [-0.15, -0.1) is 0 Å². The fraction of sp³-hybridized carbons (Fsp3) is 0.951. The van der Waals surface area contributed by atoms with Crippen LogP contribution in [0.4, 0.5) is 0 Å². The predicted molar refractivity (Wildman–Crippen MR) is 302 cm³/mol. The molecule has 0 bridgehead atoms. The number of aliphatic hydroxyl groups excluding tert-OH is 1. The average molecular weight is 1010 g/mol.